The lowest BCUT2D eigenvalue weighted by Crippen LogP contribution is -1.98. The summed E-state index contributed by atoms with van der Waals surface area (Å²) >= 11 is 5.89. The van der Waals surface area contributed by atoms with E-state index in [1.54, 1.807) is 24.3 Å². The molecule has 1 aliphatic carbocycles. The fourth-order valence-corrected chi connectivity index (χ4v) is 2.05. The first kappa shape index (κ1) is 11.3. The van der Waals surface area contributed by atoms with Gasteiger partial charge in [-0.05, 0) is 31.0 Å². The fourth-order valence-electron chi connectivity index (χ4n) is 1.86. The number of carboxylic acid groups (broad SMARTS) is 1. The van der Waals surface area contributed by atoms with E-state index in [0.717, 1.165) is 12.8 Å². The maximum absolute atomic E-state index is 11.1. The molecule has 0 atom stereocenters. The van der Waals surface area contributed by atoms with Crippen LogP contribution >= 0.6 is 11.6 Å². The molecule has 1 aromatic carbocycles. The van der Waals surface area contributed by atoms with Gasteiger partial charge in [-0.25, -0.2) is 9.78 Å². The second-order valence-corrected chi connectivity index (χ2v) is 4.76. The normalized spacial score (nSPS) is 14.7. The molecule has 0 aliphatic heterocycles. The lowest BCUT2D eigenvalue weighted by Gasteiger charge is -1.95. The summed E-state index contributed by atoms with van der Waals surface area (Å²) in [6.45, 7) is 0. The summed E-state index contributed by atoms with van der Waals surface area (Å²) in [5, 5.41) is 9.66. The molecule has 1 aliphatic rings. The first-order valence-electron chi connectivity index (χ1n) is 5.65. The molecule has 1 saturated carbocycles. The van der Waals surface area contributed by atoms with Crippen molar-refractivity contribution in [2.75, 3.05) is 0 Å². The van der Waals surface area contributed by atoms with Crippen LogP contribution < -0.4 is 0 Å². The van der Waals surface area contributed by atoms with Crippen LogP contribution in [-0.4, -0.2) is 16.1 Å². The number of rotatable bonds is 3. The predicted octanol–water partition coefficient (Wildman–Crippen LogP) is 3.57. The summed E-state index contributed by atoms with van der Waals surface area (Å²) in [6.07, 6.45) is 1.95. The molecule has 1 aromatic heterocycles. The number of hydrogen-bond acceptors (Lipinski definition) is 3. The van der Waals surface area contributed by atoms with Gasteiger partial charge in [-0.3, -0.25) is 0 Å². The number of halogens is 1. The molecule has 1 fully saturated rings. The molecule has 1 heterocycles. The first-order chi connectivity index (χ1) is 8.65. The van der Waals surface area contributed by atoms with Gasteiger partial charge in [0.25, 0.3) is 0 Å². The SMILES string of the molecule is O=C(O)c1oc(-c2cccc(Cl)c2)nc1C1CC1. The van der Waals surface area contributed by atoms with Crippen LogP contribution in [0, 0.1) is 0 Å². The van der Waals surface area contributed by atoms with Crippen LogP contribution in [0.1, 0.15) is 35.0 Å². The average Bonchev–Trinajstić information content (AvgIpc) is 3.07. The highest BCUT2D eigenvalue weighted by Gasteiger charge is 2.33. The number of hydrogen-bond donors (Lipinski definition) is 1. The molecule has 3 rings (SSSR count). The third kappa shape index (κ3) is 1.99. The highest BCUT2D eigenvalue weighted by atomic mass is 35.5. The van der Waals surface area contributed by atoms with Gasteiger partial charge in [0, 0.05) is 16.5 Å². The Kier molecular flexibility index (Phi) is 2.59. The summed E-state index contributed by atoms with van der Waals surface area (Å²) in [5.74, 6) is -0.574. The number of oxazole rings is 1. The first-order valence-corrected chi connectivity index (χ1v) is 6.03. The zero-order valence-corrected chi connectivity index (χ0v) is 10.1. The lowest BCUT2D eigenvalue weighted by molar-refractivity contribution is 0.0661. The molecule has 18 heavy (non-hydrogen) atoms. The minimum Gasteiger partial charge on any atom is -0.475 e. The Bertz CT molecular complexity index is 616. The van der Waals surface area contributed by atoms with Crippen molar-refractivity contribution in [2.45, 2.75) is 18.8 Å². The monoisotopic (exact) mass is 263 g/mol. The minimum atomic E-state index is -1.07. The summed E-state index contributed by atoms with van der Waals surface area (Å²) in [6, 6.07) is 7.02. The standard InChI is InChI=1S/C13H10ClNO3/c14-9-3-1-2-8(6-9)12-15-10(7-4-5-7)11(18-12)13(16)17/h1-3,6-7H,4-5H2,(H,16,17). The Labute approximate surface area is 108 Å². The van der Waals surface area contributed by atoms with E-state index in [4.69, 9.17) is 21.1 Å². The molecule has 4 nitrogen and oxygen atoms in total. The van der Waals surface area contributed by atoms with Crippen LogP contribution in [0.2, 0.25) is 5.02 Å². The summed E-state index contributed by atoms with van der Waals surface area (Å²) in [7, 11) is 0. The molecule has 0 bridgehead atoms. The van der Waals surface area contributed by atoms with Gasteiger partial charge in [0.2, 0.25) is 11.7 Å². The second kappa shape index (κ2) is 4.14. The van der Waals surface area contributed by atoms with Crippen LogP contribution in [0.15, 0.2) is 28.7 Å². The molecular weight excluding hydrogens is 254 g/mol. The van der Waals surface area contributed by atoms with Gasteiger partial charge >= 0.3 is 5.97 Å². The molecule has 0 saturated heterocycles. The number of nitrogens with zero attached hydrogens (tertiary/aromatic N) is 1. The van der Waals surface area contributed by atoms with Crippen LogP contribution in [0.5, 0.6) is 0 Å². The van der Waals surface area contributed by atoms with Crippen molar-refractivity contribution in [3.8, 4) is 11.5 Å². The van der Waals surface area contributed by atoms with Crippen LogP contribution in [0.25, 0.3) is 11.5 Å². The van der Waals surface area contributed by atoms with Gasteiger partial charge in [0.15, 0.2) is 0 Å². The van der Waals surface area contributed by atoms with E-state index in [0.29, 0.717) is 22.2 Å². The van der Waals surface area contributed by atoms with Crippen LogP contribution in [-0.2, 0) is 0 Å². The van der Waals surface area contributed by atoms with Gasteiger partial charge < -0.3 is 9.52 Å². The van der Waals surface area contributed by atoms with Gasteiger partial charge in [0.1, 0.15) is 0 Å². The smallest absolute Gasteiger partial charge is 0.373 e. The van der Waals surface area contributed by atoms with E-state index >= 15 is 0 Å². The van der Waals surface area contributed by atoms with Crippen LogP contribution in [0.3, 0.4) is 0 Å². The van der Waals surface area contributed by atoms with Gasteiger partial charge in [-0.15, -0.1) is 0 Å². The molecule has 0 amide bonds. The Morgan fingerprint density at radius 3 is 2.83 bits per heavy atom. The largest absolute Gasteiger partial charge is 0.475 e. The summed E-state index contributed by atoms with van der Waals surface area (Å²) in [5.41, 5.74) is 1.24. The van der Waals surface area contributed by atoms with Crippen molar-refractivity contribution < 1.29 is 14.3 Å². The van der Waals surface area contributed by atoms with E-state index in [2.05, 4.69) is 4.98 Å². The van der Waals surface area contributed by atoms with E-state index in [-0.39, 0.29) is 11.7 Å². The zero-order chi connectivity index (χ0) is 12.7. The fraction of sp³-hybridized carbons (Fsp3) is 0.231. The van der Waals surface area contributed by atoms with E-state index < -0.39 is 5.97 Å². The Balaban J connectivity index is 2.07. The topological polar surface area (TPSA) is 63.3 Å². The van der Waals surface area contributed by atoms with Crippen LogP contribution in [0.4, 0.5) is 0 Å². The molecule has 0 radical (unpaired) electrons. The zero-order valence-electron chi connectivity index (χ0n) is 9.39. The number of carboxylic acids is 1. The third-order valence-corrected chi connectivity index (χ3v) is 3.12. The highest BCUT2D eigenvalue weighted by Crippen LogP contribution is 2.42. The van der Waals surface area contributed by atoms with Crippen molar-refractivity contribution in [2.24, 2.45) is 0 Å². The highest BCUT2D eigenvalue weighted by molar-refractivity contribution is 6.30. The maximum atomic E-state index is 11.1. The van der Waals surface area contributed by atoms with Crippen molar-refractivity contribution in [3.63, 3.8) is 0 Å². The van der Waals surface area contributed by atoms with Crippen molar-refractivity contribution in [1.82, 2.24) is 4.98 Å². The van der Waals surface area contributed by atoms with Crippen molar-refractivity contribution in [3.05, 3.63) is 40.7 Å². The Morgan fingerprint density at radius 1 is 1.44 bits per heavy atom. The number of aromatic carboxylic acids is 1. The molecule has 1 N–H and O–H groups in total. The predicted molar refractivity (Wildman–Crippen MR) is 65.9 cm³/mol. The average molecular weight is 264 g/mol. The molecular formula is C13H10ClNO3. The van der Waals surface area contributed by atoms with Gasteiger partial charge in [-0.2, -0.15) is 0 Å². The molecule has 0 unspecified atom stereocenters. The van der Waals surface area contributed by atoms with E-state index in [1.807, 2.05) is 0 Å². The van der Waals surface area contributed by atoms with E-state index in [9.17, 15) is 4.79 Å². The molecule has 0 spiro atoms. The quantitative estimate of drug-likeness (QED) is 0.919. The second-order valence-electron chi connectivity index (χ2n) is 4.32. The lowest BCUT2D eigenvalue weighted by atomic mass is 10.2. The third-order valence-electron chi connectivity index (χ3n) is 2.88. The molecule has 2 aromatic rings. The minimum absolute atomic E-state index is 0.0486. The Hall–Kier alpha value is -1.81. The Morgan fingerprint density at radius 2 is 2.22 bits per heavy atom. The number of carbonyl (C=O) groups is 1. The summed E-state index contributed by atoms with van der Waals surface area (Å²) in [4.78, 5) is 15.4. The van der Waals surface area contributed by atoms with Crippen molar-refractivity contribution in [1.29, 1.82) is 0 Å². The van der Waals surface area contributed by atoms with E-state index in [1.165, 1.54) is 0 Å². The molecule has 92 valence electrons. The summed E-state index contributed by atoms with van der Waals surface area (Å²) < 4.78 is 5.35. The maximum Gasteiger partial charge on any atom is 0.373 e. The van der Waals surface area contributed by atoms with Gasteiger partial charge in [0.05, 0.1) is 5.69 Å². The molecule has 5 heteroatoms. The van der Waals surface area contributed by atoms with Crippen molar-refractivity contribution >= 4 is 17.6 Å². The number of aromatic nitrogens is 1. The number of benzene rings is 1. The van der Waals surface area contributed by atoms with Gasteiger partial charge in [-0.1, -0.05) is 17.7 Å².